The number of hydrogen-bond acceptors (Lipinski definition) is 9. The zero-order valence-electron chi connectivity index (χ0n) is 25.6. The number of carbonyl (C=O) groups excluding carboxylic acids is 1. The molecule has 5 N–H and O–H groups in total. The monoisotopic (exact) mass is 589 g/mol. The standard InChI is InChI=1S/C33H51NO8/c1-15-9-25-27(34-13-15)17(3)33(42-25)8-6-19-20(16(33)2)11-22-21(19)12-24(36)23-10-18(5-7-32(22,23)4)40-31-30(39)29(38)28(37)26(14-35)41-31/h15,17-19,21-23,25-31,34-35,37-39H,5-14H2,1-4H3/t15-,17+,18-,19+,21-,22-,23+,25+,26+,27-,28+,29-,30+,31+,32+,33-/m0/s1. The molecule has 42 heavy (non-hydrogen) atoms. The normalized spacial score (nSPS) is 55.8. The molecule has 16 atom stereocenters. The smallest absolute Gasteiger partial charge is 0.186 e. The van der Waals surface area contributed by atoms with Gasteiger partial charge in [-0.05, 0) is 93.1 Å². The Morgan fingerprint density at radius 1 is 1.05 bits per heavy atom. The van der Waals surface area contributed by atoms with E-state index in [1.165, 1.54) is 5.57 Å². The molecule has 3 aliphatic heterocycles. The van der Waals surface area contributed by atoms with E-state index in [-0.39, 0.29) is 29.1 Å². The molecule has 0 radical (unpaired) electrons. The largest absolute Gasteiger partial charge is 0.394 e. The molecule has 9 heteroatoms. The van der Waals surface area contributed by atoms with Crippen LogP contribution >= 0.6 is 0 Å². The van der Waals surface area contributed by atoms with Crippen molar-refractivity contribution < 1.29 is 39.4 Å². The van der Waals surface area contributed by atoms with Gasteiger partial charge in [-0.3, -0.25) is 4.79 Å². The first-order chi connectivity index (χ1) is 20.0. The molecule has 0 aromatic heterocycles. The van der Waals surface area contributed by atoms with Crippen LogP contribution in [0.25, 0.3) is 0 Å². The Hall–Kier alpha value is -0.910. The van der Waals surface area contributed by atoms with Crippen LogP contribution in [0.3, 0.4) is 0 Å². The zero-order chi connectivity index (χ0) is 29.7. The number of aliphatic hydroxyl groups is 4. The van der Waals surface area contributed by atoms with Gasteiger partial charge < -0.3 is 40.0 Å². The van der Waals surface area contributed by atoms with Gasteiger partial charge in [-0.1, -0.05) is 26.3 Å². The summed E-state index contributed by atoms with van der Waals surface area (Å²) in [5.41, 5.74) is 2.73. The van der Waals surface area contributed by atoms with Crippen molar-refractivity contribution in [3.63, 3.8) is 0 Å². The van der Waals surface area contributed by atoms with Crippen molar-refractivity contribution >= 4 is 5.78 Å². The van der Waals surface area contributed by atoms with Crippen LogP contribution in [0, 0.1) is 40.9 Å². The van der Waals surface area contributed by atoms with Crippen molar-refractivity contribution in [1.29, 1.82) is 0 Å². The molecule has 3 heterocycles. The molecule has 0 amide bonds. The predicted octanol–water partition coefficient (Wildman–Crippen LogP) is 2.08. The molecule has 9 nitrogen and oxygen atoms in total. The van der Waals surface area contributed by atoms with Crippen LogP contribution in [0.1, 0.15) is 79.1 Å². The van der Waals surface area contributed by atoms with Gasteiger partial charge in [-0.2, -0.15) is 0 Å². The summed E-state index contributed by atoms with van der Waals surface area (Å²) in [5, 5.41) is 44.2. The van der Waals surface area contributed by atoms with Crippen molar-refractivity contribution in [2.24, 2.45) is 40.9 Å². The predicted molar refractivity (Wildman–Crippen MR) is 153 cm³/mol. The third-order valence-electron chi connectivity index (χ3n) is 13.4. The van der Waals surface area contributed by atoms with Crippen LogP contribution in [0.15, 0.2) is 11.1 Å². The highest BCUT2D eigenvalue weighted by atomic mass is 16.7. The van der Waals surface area contributed by atoms with Gasteiger partial charge in [-0.15, -0.1) is 0 Å². The molecular formula is C33H51NO8. The Morgan fingerprint density at radius 2 is 1.83 bits per heavy atom. The molecule has 0 bridgehead atoms. The molecule has 0 unspecified atom stereocenters. The van der Waals surface area contributed by atoms with Crippen LogP contribution < -0.4 is 5.32 Å². The molecular weight excluding hydrogens is 538 g/mol. The summed E-state index contributed by atoms with van der Waals surface area (Å²) in [5.74, 6) is 2.59. The molecule has 1 spiro atoms. The highest BCUT2D eigenvalue weighted by molar-refractivity contribution is 5.83. The number of rotatable bonds is 3. The fourth-order valence-corrected chi connectivity index (χ4v) is 10.9. The molecule has 4 aliphatic carbocycles. The minimum absolute atomic E-state index is 0.111. The van der Waals surface area contributed by atoms with Gasteiger partial charge in [0.2, 0.25) is 0 Å². The first kappa shape index (κ1) is 29.8. The molecule has 3 saturated heterocycles. The first-order valence-electron chi connectivity index (χ1n) is 16.6. The summed E-state index contributed by atoms with van der Waals surface area (Å²) in [4.78, 5) is 13.8. The van der Waals surface area contributed by atoms with E-state index in [0.717, 1.165) is 45.1 Å². The van der Waals surface area contributed by atoms with Gasteiger partial charge in [0.15, 0.2) is 6.29 Å². The van der Waals surface area contributed by atoms with E-state index in [1.54, 1.807) is 5.57 Å². The number of ether oxygens (including phenoxy) is 3. The molecule has 3 saturated carbocycles. The third-order valence-corrected chi connectivity index (χ3v) is 13.4. The van der Waals surface area contributed by atoms with Gasteiger partial charge in [0, 0.05) is 24.3 Å². The zero-order valence-corrected chi connectivity index (χ0v) is 25.6. The minimum atomic E-state index is -1.47. The number of hydrogen-bond donors (Lipinski definition) is 5. The Morgan fingerprint density at radius 3 is 2.60 bits per heavy atom. The van der Waals surface area contributed by atoms with Gasteiger partial charge in [-0.25, -0.2) is 0 Å². The van der Waals surface area contributed by atoms with Crippen LogP contribution in [0.4, 0.5) is 0 Å². The second kappa shape index (κ2) is 10.6. The second-order valence-corrected chi connectivity index (χ2v) is 15.3. The fourth-order valence-electron chi connectivity index (χ4n) is 10.9. The Kier molecular flexibility index (Phi) is 7.50. The van der Waals surface area contributed by atoms with E-state index in [9.17, 15) is 25.2 Å². The van der Waals surface area contributed by atoms with Crippen LogP contribution in [-0.4, -0.2) is 93.9 Å². The van der Waals surface area contributed by atoms with Crippen molar-refractivity contribution in [2.75, 3.05) is 13.2 Å². The summed E-state index contributed by atoms with van der Waals surface area (Å²) >= 11 is 0. The number of fused-ring (bicyclic) bond motifs is 6. The quantitative estimate of drug-likeness (QED) is 0.248. The van der Waals surface area contributed by atoms with Crippen LogP contribution in [0.2, 0.25) is 0 Å². The molecule has 236 valence electrons. The van der Waals surface area contributed by atoms with E-state index in [2.05, 4.69) is 33.0 Å². The van der Waals surface area contributed by atoms with Crippen LogP contribution in [0.5, 0.6) is 0 Å². The van der Waals surface area contributed by atoms with E-state index >= 15 is 0 Å². The van der Waals surface area contributed by atoms with Gasteiger partial charge in [0.1, 0.15) is 30.2 Å². The molecule has 0 aromatic rings. The van der Waals surface area contributed by atoms with Gasteiger partial charge in [0.05, 0.1) is 24.4 Å². The number of ketones is 1. The number of piperidine rings is 1. The lowest BCUT2D eigenvalue weighted by Crippen LogP contribution is -2.60. The molecule has 6 fully saturated rings. The molecule has 7 aliphatic rings. The molecule has 0 aromatic carbocycles. The third kappa shape index (κ3) is 4.28. The maximum Gasteiger partial charge on any atom is 0.186 e. The summed E-state index contributed by atoms with van der Waals surface area (Å²) in [6.07, 6.45) is 0.602. The van der Waals surface area contributed by atoms with Gasteiger partial charge in [0.25, 0.3) is 0 Å². The van der Waals surface area contributed by atoms with Crippen molar-refractivity contribution in [3.05, 3.63) is 11.1 Å². The Balaban J connectivity index is 1.09. The topological polar surface area (TPSA) is 138 Å². The Labute approximate surface area is 249 Å². The lowest BCUT2D eigenvalue weighted by atomic mass is 9.51. The average molecular weight is 590 g/mol. The lowest BCUT2D eigenvalue weighted by Gasteiger charge is -2.53. The van der Waals surface area contributed by atoms with E-state index in [1.807, 2.05) is 0 Å². The minimum Gasteiger partial charge on any atom is -0.394 e. The van der Waals surface area contributed by atoms with Crippen molar-refractivity contribution in [1.82, 2.24) is 5.32 Å². The molecule has 7 rings (SSSR count). The number of allylic oxidation sites excluding steroid dienone is 1. The maximum absolute atomic E-state index is 13.8. The summed E-state index contributed by atoms with van der Waals surface area (Å²) in [6.45, 7) is 9.94. The SMILES string of the molecule is CC1=C2C[C@H]3[C@@H](CC(=O)[C@H]4C[C@@H](O[C@@H]5O[C@H](CO)[C@@H](O)[C@H](O)[C@H]5O)CC[C@@]43C)[C@@H]2CC[C@]12O[C@@H]1C[C@H](C)CN[C@H]1[C@H]2C. The number of Topliss-reactive ketones (excluding diaryl/α,β-unsaturated/α-hetero) is 1. The number of nitrogens with one attached hydrogen (secondary N) is 1. The van der Waals surface area contributed by atoms with Crippen LogP contribution in [-0.2, 0) is 19.0 Å². The van der Waals surface area contributed by atoms with Crippen molar-refractivity contribution in [2.45, 2.75) is 134 Å². The first-order valence-corrected chi connectivity index (χ1v) is 16.6. The summed E-state index contributed by atoms with van der Waals surface area (Å²) in [6, 6.07) is 0.416. The summed E-state index contributed by atoms with van der Waals surface area (Å²) in [7, 11) is 0. The highest BCUT2D eigenvalue weighted by Crippen LogP contribution is 2.66. The lowest BCUT2D eigenvalue weighted by molar-refractivity contribution is -0.315. The highest BCUT2D eigenvalue weighted by Gasteiger charge is 2.63. The second-order valence-electron chi connectivity index (χ2n) is 15.3. The van der Waals surface area contributed by atoms with E-state index in [0.29, 0.717) is 54.3 Å². The fraction of sp³-hybridized carbons (Fsp3) is 0.909. The number of carbonyl (C=O) groups is 1. The van der Waals surface area contributed by atoms with Gasteiger partial charge >= 0.3 is 0 Å². The number of aliphatic hydroxyl groups excluding tert-OH is 4. The van der Waals surface area contributed by atoms with E-state index < -0.39 is 37.3 Å². The average Bonchev–Trinajstić information content (AvgIpc) is 3.47. The summed E-state index contributed by atoms with van der Waals surface area (Å²) < 4.78 is 18.8. The Bertz CT molecular complexity index is 1110. The maximum atomic E-state index is 13.8. The van der Waals surface area contributed by atoms with Crippen molar-refractivity contribution in [3.8, 4) is 0 Å². The van der Waals surface area contributed by atoms with E-state index in [4.69, 9.17) is 14.2 Å².